The van der Waals surface area contributed by atoms with Crippen LogP contribution in [0, 0.1) is 0 Å². The van der Waals surface area contributed by atoms with Crippen molar-refractivity contribution in [2.24, 2.45) is 0 Å². The Labute approximate surface area is 207 Å². The lowest BCUT2D eigenvalue weighted by Crippen LogP contribution is -2.61. The Morgan fingerprint density at radius 1 is 0.571 bits per heavy atom. The van der Waals surface area contributed by atoms with Crippen LogP contribution >= 0.6 is 0 Å². The van der Waals surface area contributed by atoms with Crippen LogP contribution in [-0.2, 0) is 48.2 Å². The molecular formula is C29H34O6. The van der Waals surface area contributed by atoms with E-state index in [1.807, 2.05) is 91.0 Å². The highest BCUT2D eigenvalue weighted by Crippen LogP contribution is 2.30. The van der Waals surface area contributed by atoms with Crippen LogP contribution < -0.4 is 0 Å². The Morgan fingerprint density at radius 2 is 1.06 bits per heavy atom. The van der Waals surface area contributed by atoms with Gasteiger partial charge in [-0.1, -0.05) is 91.0 Å². The fourth-order valence-corrected chi connectivity index (χ4v) is 4.24. The second-order valence-electron chi connectivity index (χ2n) is 8.50. The van der Waals surface area contributed by atoms with Gasteiger partial charge >= 0.3 is 0 Å². The molecule has 3 aromatic carbocycles. The average molecular weight is 479 g/mol. The maximum absolute atomic E-state index is 6.44. The van der Waals surface area contributed by atoms with Crippen molar-refractivity contribution in [1.29, 1.82) is 0 Å². The van der Waals surface area contributed by atoms with Gasteiger partial charge in [-0.25, -0.2) is 0 Å². The van der Waals surface area contributed by atoms with E-state index in [0.29, 0.717) is 26.4 Å². The van der Waals surface area contributed by atoms with E-state index in [1.165, 1.54) is 0 Å². The van der Waals surface area contributed by atoms with E-state index in [-0.39, 0.29) is 0 Å². The third-order valence-corrected chi connectivity index (χ3v) is 6.06. The second-order valence-corrected chi connectivity index (χ2v) is 8.50. The van der Waals surface area contributed by atoms with Crippen molar-refractivity contribution in [3.63, 3.8) is 0 Å². The summed E-state index contributed by atoms with van der Waals surface area (Å²) in [5.74, 6) is 0. The maximum atomic E-state index is 6.44. The number of hydrogen-bond donors (Lipinski definition) is 0. The fourth-order valence-electron chi connectivity index (χ4n) is 4.24. The first kappa shape index (κ1) is 25.5. The molecule has 1 heterocycles. The van der Waals surface area contributed by atoms with Crippen molar-refractivity contribution in [2.75, 3.05) is 20.8 Å². The Hall–Kier alpha value is -2.58. The van der Waals surface area contributed by atoms with E-state index in [4.69, 9.17) is 28.4 Å². The van der Waals surface area contributed by atoms with Gasteiger partial charge < -0.3 is 28.4 Å². The summed E-state index contributed by atoms with van der Waals surface area (Å²) in [5.41, 5.74) is 3.24. The number of ether oxygens (including phenoxy) is 6. The maximum Gasteiger partial charge on any atom is 0.186 e. The highest BCUT2D eigenvalue weighted by molar-refractivity contribution is 5.15. The third-order valence-electron chi connectivity index (χ3n) is 6.06. The molecule has 1 fully saturated rings. The van der Waals surface area contributed by atoms with Crippen molar-refractivity contribution in [3.05, 3.63) is 108 Å². The summed E-state index contributed by atoms with van der Waals surface area (Å²) in [5, 5.41) is 0. The lowest BCUT2D eigenvalue weighted by atomic mass is 9.98. The standard InChI is InChI=1S/C29H34O6/c1-30-28-27(34-20-24-16-10-5-11-17-24)26(33-19-23-14-8-4-9-15-23)25(35-29(28)31-2)21-32-18-22-12-6-3-7-13-22/h3-17,25-29H,18-21H2,1-2H3/t25-,26+,27+,28-,29-/m1/s1. The van der Waals surface area contributed by atoms with Gasteiger partial charge in [0.1, 0.15) is 24.4 Å². The fraction of sp³-hybridized carbons (Fsp3) is 0.379. The molecule has 0 aliphatic carbocycles. The van der Waals surface area contributed by atoms with Gasteiger partial charge in [-0.15, -0.1) is 0 Å². The Kier molecular flexibility index (Phi) is 9.84. The van der Waals surface area contributed by atoms with Gasteiger partial charge in [0.05, 0.1) is 26.4 Å². The minimum Gasteiger partial charge on any atom is -0.374 e. The van der Waals surface area contributed by atoms with Gasteiger partial charge in [0.2, 0.25) is 0 Å². The molecule has 35 heavy (non-hydrogen) atoms. The van der Waals surface area contributed by atoms with Crippen molar-refractivity contribution >= 4 is 0 Å². The highest BCUT2D eigenvalue weighted by Gasteiger charge is 2.48. The molecule has 186 valence electrons. The zero-order chi connectivity index (χ0) is 24.3. The molecule has 0 saturated carbocycles. The molecule has 6 nitrogen and oxygen atoms in total. The molecule has 5 atom stereocenters. The summed E-state index contributed by atoms with van der Waals surface area (Å²) in [7, 11) is 3.25. The van der Waals surface area contributed by atoms with E-state index in [9.17, 15) is 0 Å². The lowest BCUT2D eigenvalue weighted by molar-refractivity contribution is -0.317. The van der Waals surface area contributed by atoms with Gasteiger partial charge in [0.15, 0.2) is 6.29 Å². The highest BCUT2D eigenvalue weighted by atomic mass is 16.7. The first-order valence-electron chi connectivity index (χ1n) is 11.9. The van der Waals surface area contributed by atoms with Crippen LogP contribution in [-0.4, -0.2) is 51.5 Å². The van der Waals surface area contributed by atoms with E-state index in [0.717, 1.165) is 16.7 Å². The molecule has 1 saturated heterocycles. The van der Waals surface area contributed by atoms with E-state index >= 15 is 0 Å². The lowest BCUT2D eigenvalue weighted by Gasteiger charge is -2.45. The molecule has 1 aliphatic rings. The molecule has 3 aromatic rings. The van der Waals surface area contributed by atoms with Gasteiger partial charge in [-0.2, -0.15) is 0 Å². The summed E-state index contributed by atoms with van der Waals surface area (Å²) < 4.78 is 36.7. The predicted molar refractivity (Wildman–Crippen MR) is 133 cm³/mol. The minimum atomic E-state index is -0.609. The number of methoxy groups -OCH3 is 2. The van der Waals surface area contributed by atoms with E-state index in [1.54, 1.807) is 14.2 Å². The minimum absolute atomic E-state index is 0.329. The van der Waals surface area contributed by atoms with Gasteiger partial charge in [-0.05, 0) is 16.7 Å². The van der Waals surface area contributed by atoms with Gasteiger partial charge in [0, 0.05) is 14.2 Å². The summed E-state index contributed by atoms with van der Waals surface area (Å²) in [4.78, 5) is 0. The van der Waals surface area contributed by atoms with Crippen LogP contribution in [0.5, 0.6) is 0 Å². The summed E-state index contributed by atoms with van der Waals surface area (Å²) >= 11 is 0. The molecule has 0 aromatic heterocycles. The van der Waals surface area contributed by atoms with Crippen molar-refractivity contribution in [3.8, 4) is 0 Å². The molecule has 6 heteroatoms. The average Bonchev–Trinajstić information content (AvgIpc) is 2.92. The number of rotatable bonds is 12. The van der Waals surface area contributed by atoms with Crippen LogP contribution in [0.2, 0.25) is 0 Å². The molecule has 0 unspecified atom stereocenters. The quantitative estimate of drug-likeness (QED) is 0.374. The summed E-state index contributed by atoms with van der Waals surface area (Å²) in [6, 6.07) is 30.2. The molecule has 4 rings (SSSR count). The zero-order valence-corrected chi connectivity index (χ0v) is 20.3. The first-order valence-corrected chi connectivity index (χ1v) is 11.9. The van der Waals surface area contributed by atoms with Gasteiger partial charge in [-0.3, -0.25) is 0 Å². The molecule has 0 N–H and O–H groups in total. The smallest absolute Gasteiger partial charge is 0.186 e. The van der Waals surface area contributed by atoms with Crippen LogP contribution in [0.25, 0.3) is 0 Å². The monoisotopic (exact) mass is 478 g/mol. The molecule has 0 bridgehead atoms. The SMILES string of the molecule is CO[C@@H]1O[C@H](COCc2ccccc2)[C@H](OCc2ccccc2)[C@H](OCc2ccccc2)[C@H]1OC. The van der Waals surface area contributed by atoms with Crippen LogP contribution in [0.15, 0.2) is 91.0 Å². The number of hydrogen-bond acceptors (Lipinski definition) is 6. The largest absolute Gasteiger partial charge is 0.374 e. The van der Waals surface area contributed by atoms with Crippen LogP contribution in [0.4, 0.5) is 0 Å². The molecule has 0 radical (unpaired) electrons. The van der Waals surface area contributed by atoms with E-state index in [2.05, 4.69) is 0 Å². The molecule has 0 amide bonds. The Morgan fingerprint density at radius 3 is 1.54 bits per heavy atom. The van der Waals surface area contributed by atoms with Crippen LogP contribution in [0.3, 0.4) is 0 Å². The summed E-state index contributed by atoms with van der Waals surface area (Å²) in [6.07, 6.45) is -2.32. The van der Waals surface area contributed by atoms with Crippen molar-refractivity contribution in [1.82, 2.24) is 0 Å². The van der Waals surface area contributed by atoms with Crippen molar-refractivity contribution in [2.45, 2.75) is 50.5 Å². The Bertz CT molecular complexity index is 968. The normalized spacial score (nSPS) is 24.3. The van der Waals surface area contributed by atoms with Crippen molar-refractivity contribution < 1.29 is 28.4 Å². The Balaban J connectivity index is 1.51. The summed E-state index contributed by atoms with van der Waals surface area (Å²) in [6.45, 7) is 1.65. The molecule has 0 spiro atoms. The van der Waals surface area contributed by atoms with Crippen LogP contribution in [0.1, 0.15) is 16.7 Å². The molecular weight excluding hydrogens is 444 g/mol. The number of benzene rings is 3. The van der Waals surface area contributed by atoms with E-state index < -0.39 is 30.7 Å². The predicted octanol–water partition coefficient (Wildman–Crippen LogP) is 4.76. The topological polar surface area (TPSA) is 55.4 Å². The molecule has 1 aliphatic heterocycles. The first-order chi connectivity index (χ1) is 17.3. The second kappa shape index (κ2) is 13.5. The zero-order valence-electron chi connectivity index (χ0n) is 20.3. The third kappa shape index (κ3) is 7.21. The van der Waals surface area contributed by atoms with Gasteiger partial charge in [0.25, 0.3) is 0 Å².